The molecule has 4 heteroatoms. The first kappa shape index (κ1) is 11.0. The lowest BCUT2D eigenvalue weighted by Crippen LogP contribution is -2.30. The van der Waals surface area contributed by atoms with Crippen LogP contribution in [0.3, 0.4) is 0 Å². The number of benzene rings is 1. The van der Waals surface area contributed by atoms with Crippen molar-refractivity contribution in [1.82, 2.24) is 0 Å². The summed E-state index contributed by atoms with van der Waals surface area (Å²) in [4.78, 5) is 2.18. The number of nitrogens with two attached hydrogens (primary N) is 1. The topological polar surface area (TPSA) is 29.3 Å². The molecule has 0 bridgehead atoms. The molecule has 0 atom stereocenters. The molecule has 1 heterocycles. The summed E-state index contributed by atoms with van der Waals surface area (Å²) in [7, 11) is 0. The number of halogens is 2. The lowest BCUT2D eigenvalue weighted by Gasteiger charge is -2.29. The summed E-state index contributed by atoms with van der Waals surface area (Å²) in [5, 5.41) is 0. The van der Waals surface area contributed by atoms with E-state index in [9.17, 15) is 4.39 Å². The van der Waals surface area contributed by atoms with Crippen LogP contribution in [0.1, 0.15) is 19.3 Å². The van der Waals surface area contributed by atoms with Crippen LogP contribution in [0, 0.1) is 9.39 Å². The van der Waals surface area contributed by atoms with Gasteiger partial charge in [0.2, 0.25) is 0 Å². The van der Waals surface area contributed by atoms with E-state index >= 15 is 0 Å². The van der Waals surface area contributed by atoms with E-state index < -0.39 is 0 Å². The zero-order chi connectivity index (χ0) is 10.8. The first-order valence-corrected chi connectivity index (χ1v) is 6.26. The average Bonchev–Trinajstić information content (AvgIpc) is 2.25. The van der Waals surface area contributed by atoms with Gasteiger partial charge in [-0.2, -0.15) is 0 Å². The van der Waals surface area contributed by atoms with Crippen molar-refractivity contribution in [2.24, 2.45) is 0 Å². The molecule has 1 aromatic rings. The number of hydrogen-bond acceptors (Lipinski definition) is 2. The van der Waals surface area contributed by atoms with Gasteiger partial charge < -0.3 is 10.6 Å². The molecular formula is C11H14FIN2. The molecule has 0 spiro atoms. The molecule has 2 N–H and O–H groups in total. The van der Waals surface area contributed by atoms with E-state index in [2.05, 4.69) is 4.90 Å². The number of hydrogen-bond donors (Lipinski definition) is 1. The highest BCUT2D eigenvalue weighted by atomic mass is 127. The average molecular weight is 320 g/mol. The molecule has 0 radical (unpaired) electrons. The van der Waals surface area contributed by atoms with Crippen LogP contribution >= 0.6 is 22.6 Å². The Hall–Kier alpha value is -0.520. The van der Waals surface area contributed by atoms with E-state index in [4.69, 9.17) is 5.73 Å². The molecular weight excluding hydrogens is 306 g/mol. The number of nitrogen functional groups attached to an aromatic ring is 1. The zero-order valence-corrected chi connectivity index (χ0v) is 10.6. The van der Waals surface area contributed by atoms with Gasteiger partial charge in [0, 0.05) is 19.2 Å². The maximum Gasteiger partial charge on any atom is 0.138 e. The van der Waals surface area contributed by atoms with Crippen LogP contribution in [0.15, 0.2) is 12.1 Å². The monoisotopic (exact) mass is 320 g/mol. The molecule has 1 fully saturated rings. The Morgan fingerprint density at radius 1 is 1.20 bits per heavy atom. The number of rotatable bonds is 1. The van der Waals surface area contributed by atoms with E-state index in [1.165, 1.54) is 19.3 Å². The Morgan fingerprint density at radius 3 is 2.53 bits per heavy atom. The molecule has 2 nitrogen and oxygen atoms in total. The summed E-state index contributed by atoms with van der Waals surface area (Å²) in [5.74, 6) is -0.176. The van der Waals surface area contributed by atoms with E-state index in [1.54, 1.807) is 12.1 Å². The number of nitrogens with zero attached hydrogens (tertiary/aromatic N) is 1. The molecule has 1 aromatic carbocycles. The molecule has 1 aliphatic heterocycles. The minimum absolute atomic E-state index is 0.176. The van der Waals surface area contributed by atoms with Gasteiger partial charge in [-0.05, 0) is 47.9 Å². The van der Waals surface area contributed by atoms with Gasteiger partial charge in [-0.15, -0.1) is 0 Å². The van der Waals surface area contributed by atoms with Crippen molar-refractivity contribution < 1.29 is 4.39 Å². The molecule has 0 amide bonds. The number of piperidine rings is 1. The quantitative estimate of drug-likeness (QED) is 0.637. The second kappa shape index (κ2) is 4.55. The van der Waals surface area contributed by atoms with Gasteiger partial charge in [-0.25, -0.2) is 4.39 Å². The fourth-order valence-electron chi connectivity index (χ4n) is 1.96. The molecule has 0 saturated carbocycles. The smallest absolute Gasteiger partial charge is 0.138 e. The van der Waals surface area contributed by atoms with Gasteiger partial charge in [-0.1, -0.05) is 0 Å². The lowest BCUT2D eigenvalue weighted by molar-refractivity contribution is 0.574. The third kappa shape index (κ3) is 2.35. The van der Waals surface area contributed by atoms with Crippen LogP contribution < -0.4 is 10.6 Å². The predicted molar refractivity (Wildman–Crippen MR) is 69.6 cm³/mol. The van der Waals surface area contributed by atoms with Crippen molar-refractivity contribution in [3.8, 4) is 0 Å². The van der Waals surface area contributed by atoms with Crippen LogP contribution in [0.25, 0.3) is 0 Å². The summed E-state index contributed by atoms with van der Waals surface area (Å²) < 4.78 is 14.0. The molecule has 15 heavy (non-hydrogen) atoms. The predicted octanol–water partition coefficient (Wildman–Crippen LogP) is 3.00. The summed E-state index contributed by atoms with van der Waals surface area (Å²) in [6.07, 6.45) is 3.61. The van der Waals surface area contributed by atoms with E-state index in [0.29, 0.717) is 9.26 Å². The fourth-order valence-corrected chi connectivity index (χ4v) is 2.45. The van der Waals surface area contributed by atoms with Crippen LogP contribution in [-0.2, 0) is 0 Å². The lowest BCUT2D eigenvalue weighted by atomic mass is 10.1. The standard InChI is InChI=1S/C11H14FIN2/c12-8-6-11(10(14)7-9(8)13)15-4-2-1-3-5-15/h6-7H,1-5,14H2. The van der Waals surface area contributed by atoms with Crippen molar-refractivity contribution in [3.05, 3.63) is 21.5 Å². The first-order valence-electron chi connectivity index (χ1n) is 5.18. The van der Waals surface area contributed by atoms with Gasteiger partial charge in [0.25, 0.3) is 0 Å². The van der Waals surface area contributed by atoms with Crippen molar-refractivity contribution in [1.29, 1.82) is 0 Å². The fraction of sp³-hybridized carbons (Fsp3) is 0.455. The van der Waals surface area contributed by atoms with Gasteiger partial charge in [0.15, 0.2) is 0 Å². The SMILES string of the molecule is Nc1cc(I)c(F)cc1N1CCCCC1. The Labute approximate surface area is 103 Å². The maximum atomic E-state index is 13.4. The maximum absolute atomic E-state index is 13.4. The Morgan fingerprint density at radius 2 is 1.87 bits per heavy atom. The molecule has 82 valence electrons. The minimum atomic E-state index is -0.176. The molecule has 0 aliphatic carbocycles. The minimum Gasteiger partial charge on any atom is -0.397 e. The molecule has 0 unspecified atom stereocenters. The highest BCUT2D eigenvalue weighted by Crippen LogP contribution is 2.29. The van der Waals surface area contributed by atoms with Crippen molar-refractivity contribution in [3.63, 3.8) is 0 Å². The second-order valence-electron chi connectivity index (χ2n) is 3.87. The zero-order valence-electron chi connectivity index (χ0n) is 8.47. The van der Waals surface area contributed by atoms with Crippen LogP contribution in [0.4, 0.5) is 15.8 Å². The van der Waals surface area contributed by atoms with E-state index in [1.807, 2.05) is 22.6 Å². The second-order valence-corrected chi connectivity index (χ2v) is 5.04. The Balaban J connectivity index is 2.30. The normalized spacial score (nSPS) is 16.8. The first-order chi connectivity index (χ1) is 7.18. The summed E-state index contributed by atoms with van der Waals surface area (Å²) in [6.45, 7) is 1.98. The van der Waals surface area contributed by atoms with E-state index in [0.717, 1.165) is 18.8 Å². The highest BCUT2D eigenvalue weighted by Gasteiger charge is 2.15. The third-order valence-corrected chi connectivity index (χ3v) is 3.59. The molecule has 1 aliphatic rings. The van der Waals surface area contributed by atoms with Gasteiger partial charge in [0.1, 0.15) is 5.82 Å². The summed E-state index contributed by atoms with van der Waals surface area (Å²) in [5.41, 5.74) is 7.45. The van der Waals surface area contributed by atoms with Crippen LogP contribution in [0.2, 0.25) is 0 Å². The van der Waals surface area contributed by atoms with Crippen LogP contribution in [0.5, 0.6) is 0 Å². The number of anilines is 2. The van der Waals surface area contributed by atoms with Crippen molar-refractivity contribution >= 4 is 34.0 Å². The van der Waals surface area contributed by atoms with Gasteiger partial charge >= 0.3 is 0 Å². The van der Waals surface area contributed by atoms with Gasteiger partial charge in [0.05, 0.1) is 14.9 Å². The van der Waals surface area contributed by atoms with Crippen LogP contribution in [-0.4, -0.2) is 13.1 Å². The highest BCUT2D eigenvalue weighted by molar-refractivity contribution is 14.1. The van der Waals surface area contributed by atoms with Crippen molar-refractivity contribution in [2.45, 2.75) is 19.3 Å². The molecule has 2 rings (SSSR count). The van der Waals surface area contributed by atoms with E-state index in [-0.39, 0.29) is 5.82 Å². The Bertz CT molecular complexity index is 362. The van der Waals surface area contributed by atoms with Crippen molar-refractivity contribution in [2.75, 3.05) is 23.7 Å². The van der Waals surface area contributed by atoms with Gasteiger partial charge in [-0.3, -0.25) is 0 Å². The molecule has 0 aromatic heterocycles. The summed E-state index contributed by atoms with van der Waals surface area (Å²) >= 11 is 1.96. The Kier molecular flexibility index (Phi) is 3.33. The summed E-state index contributed by atoms with van der Waals surface area (Å²) in [6, 6.07) is 3.27. The molecule has 1 saturated heterocycles. The largest absolute Gasteiger partial charge is 0.397 e. The third-order valence-electron chi connectivity index (χ3n) is 2.77.